The van der Waals surface area contributed by atoms with Gasteiger partial charge in [0.25, 0.3) is 5.91 Å². The van der Waals surface area contributed by atoms with Gasteiger partial charge in [-0.2, -0.15) is 0 Å². The molecule has 0 saturated carbocycles. The van der Waals surface area contributed by atoms with Gasteiger partial charge in [-0.25, -0.2) is 0 Å². The van der Waals surface area contributed by atoms with Gasteiger partial charge >= 0.3 is 0 Å². The Morgan fingerprint density at radius 3 is 2.22 bits per heavy atom. The Kier molecular flexibility index (Phi) is 7.52. The summed E-state index contributed by atoms with van der Waals surface area (Å²) in [6.07, 6.45) is 5.80. The summed E-state index contributed by atoms with van der Waals surface area (Å²) in [5.74, 6) is 0.922. The first kappa shape index (κ1) is 24.3. The van der Waals surface area contributed by atoms with Crippen molar-refractivity contribution < 1.29 is 9.53 Å². The fraction of sp³-hybridized carbons (Fsp3) is 0.344. The van der Waals surface area contributed by atoms with Crippen LogP contribution in [-0.2, 0) is 6.42 Å². The van der Waals surface area contributed by atoms with Crippen molar-refractivity contribution in [2.75, 3.05) is 20.2 Å². The van der Waals surface area contributed by atoms with E-state index in [1.165, 1.54) is 35.1 Å². The Hall–Kier alpha value is -3.37. The second-order valence-corrected chi connectivity index (χ2v) is 9.91. The van der Waals surface area contributed by atoms with E-state index in [0.717, 1.165) is 31.6 Å². The van der Waals surface area contributed by atoms with E-state index in [1.807, 2.05) is 25.1 Å². The molecular formula is C32H36N2O2. The van der Waals surface area contributed by atoms with Crippen LogP contribution in [0, 0.1) is 0 Å². The third-order valence-corrected chi connectivity index (χ3v) is 7.72. The Bertz CT molecular complexity index is 1200. The van der Waals surface area contributed by atoms with Gasteiger partial charge in [0, 0.05) is 30.7 Å². The summed E-state index contributed by atoms with van der Waals surface area (Å²) in [7, 11) is 1.73. The van der Waals surface area contributed by atoms with Gasteiger partial charge in [-0.1, -0.05) is 60.2 Å². The number of hydrogen-bond acceptors (Lipinski definition) is 3. The molecule has 2 heterocycles. The second kappa shape index (κ2) is 11.1. The molecule has 3 aromatic carbocycles. The lowest BCUT2D eigenvalue weighted by atomic mass is 9.85. The fourth-order valence-corrected chi connectivity index (χ4v) is 5.99. The van der Waals surface area contributed by atoms with E-state index in [-0.39, 0.29) is 5.91 Å². The predicted molar refractivity (Wildman–Crippen MR) is 146 cm³/mol. The summed E-state index contributed by atoms with van der Waals surface area (Å²) >= 11 is 0. The quantitative estimate of drug-likeness (QED) is 0.423. The molecule has 4 nitrogen and oxygen atoms in total. The molecule has 4 heteroatoms. The molecular weight excluding hydrogens is 444 g/mol. The average Bonchev–Trinajstić information content (AvgIpc) is 3.16. The third kappa shape index (κ3) is 5.24. The topological polar surface area (TPSA) is 41.6 Å². The highest BCUT2D eigenvalue weighted by molar-refractivity contribution is 5.95. The highest BCUT2D eigenvalue weighted by atomic mass is 16.5. The van der Waals surface area contributed by atoms with E-state index in [9.17, 15) is 4.79 Å². The van der Waals surface area contributed by atoms with Crippen LogP contribution >= 0.6 is 0 Å². The predicted octanol–water partition coefficient (Wildman–Crippen LogP) is 6.12. The maximum atomic E-state index is 12.3. The van der Waals surface area contributed by atoms with Gasteiger partial charge in [0.05, 0.1) is 7.11 Å². The van der Waals surface area contributed by atoms with Gasteiger partial charge in [0.15, 0.2) is 0 Å². The molecule has 0 aliphatic carbocycles. The van der Waals surface area contributed by atoms with Crippen molar-refractivity contribution in [3.8, 4) is 5.75 Å². The van der Waals surface area contributed by atoms with Crippen LogP contribution in [-0.4, -0.2) is 43.1 Å². The third-order valence-electron chi connectivity index (χ3n) is 7.72. The van der Waals surface area contributed by atoms with Crippen molar-refractivity contribution in [1.29, 1.82) is 0 Å². The molecule has 0 spiro atoms. The number of amides is 1. The SMILES string of the molecule is CCNC(=O)c1ccc(C(=C2CC3CCC(C2)N3CCc2cccc(OC)c2)c2ccccc2)cc1. The molecule has 2 bridgehead atoms. The summed E-state index contributed by atoms with van der Waals surface area (Å²) in [5, 5.41) is 2.90. The maximum absolute atomic E-state index is 12.3. The molecule has 36 heavy (non-hydrogen) atoms. The Morgan fingerprint density at radius 1 is 0.889 bits per heavy atom. The molecule has 2 atom stereocenters. The van der Waals surface area contributed by atoms with Crippen LogP contribution < -0.4 is 10.1 Å². The number of nitrogens with one attached hydrogen (secondary N) is 1. The fourth-order valence-electron chi connectivity index (χ4n) is 5.99. The van der Waals surface area contributed by atoms with Crippen molar-refractivity contribution in [3.63, 3.8) is 0 Å². The zero-order chi connectivity index (χ0) is 24.9. The number of rotatable bonds is 8. The van der Waals surface area contributed by atoms with E-state index >= 15 is 0 Å². The molecule has 2 fully saturated rings. The Morgan fingerprint density at radius 2 is 1.56 bits per heavy atom. The first-order valence-corrected chi connectivity index (χ1v) is 13.2. The van der Waals surface area contributed by atoms with Gasteiger partial charge in [0.2, 0.25) is 0 Å². The van der Waals surface area contributed by atoms with Gasteiger partial charge < -0.3 is 10.1 Å². The number of piperidine rings is 1. The molecule has 0 radical (unpaired) electrons. The number of carbonyl (C=O) groups excluding carboxylic acids is 1. The van der Waals surface area contributed by atoms with Crippen molar-refractivity contribution in [3.05, 3.63) is 107 Å². The summed E-state index contributed by atoms with van der Waals surface area (Å²) < 4.78 is 5.42. The van der Waals surface area contributed by atoms with Crippen LogP contribution in [0.25, 0.3) is 5.57 Å². The van der Waals surface area contributed by atoms with Crippen molar-refractivity contribution in [2.24, 2.45) is 0 Å². The molecule has 186 valence electrons. The molecule has 2 aliphatic rings. The van der Waals surface area contributed by atoms with Crippen LogP contribution in [0.1, 0.15) is 59.7 Å². The zero-order valence-corrected chi connectivity index (χ0v) is 21.4. The number of carbonyl (C=O) groups is 1. The van der Waals surface area contributed by atoms with Gasteiger partial charge in [0.1, 0.15) is 5.75 Å². The van der Waals surface area contributed by atoms with E-state index in [1.54, 1.807) is 12.7 Å². The minimum absolute atomic E-state index is 0.0136. The van der Waals surface area contributed by atoms with Crippen LogP contribution in [0.4, 0.5) is 0 Å². The van der Waals surface area contributed by atoms with Crippen LogP contribution in [0.2, 0.25) is 0 Å². The molecule has 2 aliphatic heterocycles. The standard InChI is InChI=1S/C32H36N2O2/c1-3-33-32(35)26-14-12-25(13-15-26)31(24-9-5-4-6-10-24)27-21-28-16-17-29(22-27)34(28)19-18-23-8-7-11-30(20-23)36-2/h4-15,20,28-29H,3,16-19,21-22H2,1-2H3,(H,33,35). The van der Waals surface area contributed by atoms with Crippen LogP contribution in [0.5, 0.6) is 5.75 Å². The minimum atomic E-state index is -0.0136. The minimum Gasteiger partial charge on any atom is -0.497 e. The molecule has 1 amide bonds. The van der Waals surface area contributed by atoms with E-state index in [4.69, 9.17) is 4.74 Å². The normalized spacial score (nSPS) is 19.2. The second-order valence-electron chi connectivity index (χ2n) is 9.91. The zero-order valence-electron chi connectivity index (χ0n) is 21.4. The first-order chi connectivity index (χ1) is 17.7. The largest absolute Gasteiger partial charge is 0.497 e. The van der Waals surface area contributed by atoms with Crippen molar-refractivity contribution in [2.45, 2.75) is 51.1 Å². The average molecular weight is 481 g/mol. The number of methoxy groups -OCH3 is 1. The van der Waals surface area contributed by atoms with Crippen LogP contribution in [0.3, 0.4) is 0 Å². The number of nitrogens with zero attached hydrogens (tertiary/aromatic N) is 1. The van der Waals surface area contributed by atoms with Crippen LogP contribution in [0.15, 0.2) is 84.4 Å². The molecule has 2 unspecified atom stereocenters. The van der Waals surface area contributed by atoms with E-state index in [0.29, 0.717) is 24.2 Å². The monoisotopic (exact) mass is 480 g/mol. The first-order valence-electron chi connectivity index (χ1n) is 13.2. The number of ether oxygens (including phenoxy) is 1. The number of benzene rings is 3. The Labute approximate surface area is 215 Å². The van der Waals surface area contributed by atoms with Crippen molar-refractivity contribution in [1.82, 2.24) is 10.2 Å². The lowest BCUT2D eigenvalue weighted by Crippen LogP contribution is -2.41. The summed E-state index contributed by atoms with van der Waals surface area (Å²) in [4.78, 5) is 15.0. The summed E-state index contributed by atoms with van der Waals surface area (Å²) in [5.41, 5.74) is 7.42. The Balaban J connectivity index is 1.39. The van der Waals surface area contributed by atoms with Gasteiger partial charge in [-0.05, 0) is 85.6 Å². The highest BCUT2D eigenvalue weighted by Crippen LogP contribution is 2.43. The van der Waals surface area contributed by atoms with E-state index in [2.05, 4.69) is 70.9 Å². The molecule has 3 aromatic rings. The molecule has 5 rings (SSSR count). The lowest BCUT2D eigenvalue weighted by Gasteiger charge is -2.37. The summed E-state index contributed by atoms with van der Waals surface area (Å²) in [6, 6.07) is 28.6. The van der Waals surface area contributed by atoms with Gasteiger partial charge in [-0.3, -0.25) is 9.69 Å². The maximum Gasteiger partial charge on any atom is 0.251 e. The molecule has 1 N–H and O–H groups in total. The summed E-state index contributed by atoms with van der Waals surface area (Å²) in [6.45, 7) is 3.68. The van der Waals surface area contributed by atoms with E-state index < -0.39 is 0 Å². The van der Waals surface area contributed by atoms with Crippen molar-refractivity contribution >= 4 is 11.5 Å². The molecule has 0 aromatic heterocycles. The molecule has 2 saturated heterocycles. The smallest absolute Gasteiger partial charge is 0.251 e. The lowest BCUT2D eigenvalue weighted by molar-refractivity contribution is 0.0956. The number of hydrogen-bond donors (Lipinski definition) is 1. The highest BCUT2D eigenvalue weighted by Gasteiger charge is 2.39. The number of fused-ring (bicyclic) bond motifs is 2. The van der Waals surface area contributed by atoms with Gasteiger partial charge in [-0.15, -0.1) is 0 Å².